The van der Waals surface area contributed by atoms with Crippen LogP contribution >= 0.6 is 0 Å². The Balaban J connectivity index is 2.06. The van der Waals surface area contributed by atoms with Gasteiger partial charge in [-0.15, -0.1) is 4.73 Å². The van der Waals surface area contributed by atoms with Gasteiger partial charge in [0.2, 0.25) is 0 Å². The highest BCUT2D eigenvalue weighted by Gasteiger charge is 2.18. The summed E-state index contributed by atoms with van der Waals surface area (Å²) >= 11 is 0. The molecule has 0 bridgehead atoms. The topological polar surface area (TPSA) is 92.8 Å². The van der Waals surface area contributed by atoms with Gasteiger partial charge >= 0.3 is 5.56 Å². The lowest BCUT2D eigenvalue weighted by molar-refractivity contribution is 0.108. The lowest BCUT2D eigenvalue weighted by Gasteiger charge is -2.15. The van der Waals surface area contributed by atoms with E-state index in [2.05, 4.69) is 15.3 Å². The maximum absolute atomic E-state index is 12.8. The molecule has 2 heterocycles. The van der Waals surface area contributed by atoms with E-state index in [1.807, 2.05) is 43.3 Å². The van der Waals surface area contributed by atoms with Gasteiger partial charge in [0.05, 0.1) is 11.1 Å². The molecular formula is C19H19N5O2. The number of hydrogen-bond donors (Lipinski definition) is 1. The zero-order chi connectivity index (χ0) is 18.4. The minimum atomic E-state index is -0.523. The van der Waals surface area contributed by atoms with Crippen molar-refractivity contribution in [1.29, 1.82) is 5.26 Å². The first-order chi connectivity index (χ1) is 12.8. The van der Waals surface area contributed by atoms with E-state index in [0.29, 0.717) is 29.9 Å². The Morgan fingerprint density at radius 2 is 2.12 bits per heavy atom. The zero-order valence-corrected chi connectivity index (χ0v) is 14.5. The molecule has 0 amide bonds. The van der Waals surface area contributed by atoms with E-state index in [-0.39, 0.29) is 5.56 Å². The number of hydrogen-bond acceptors (Lipinski definition) is 6. The second-order valence-corrected chi connectivity index (χ2v) is 5.75. The predicted octanol–water partition coefficient (Wildman–Crippen LogP) is 2.50. The SMILES string of the molecule is CCCCOn1c(=O)c(C#N)c(NCc2ccccc2)c2cncnc21. The molecule has 0 atom stereocenters. The van der Waals surface area contributed by atoms with E-state index >= 15 is 0 Å². The van der Waals surface area contributed by atoms with Gasteiger partial charge < -0.3 is 10.2 Å². The third kappa shape index (κ3) is 3.49. The van der Waals surface area contributed by atoms with Gasteiger partial charge in [-0.1, -0.05) is 43.7 Å². The number of nitrogens with one attached hydrogen (secondary N) is 1. The smallest absolute Gasteiger partial charge is 0.305 e. The Kier molecular flexibility index (Phi) is 5.44. The molecular weight excluding hydrogens is 330 g/mol. The van der Waals surface area contributed by atoms with Crippen LogP contribution in [0.15, 0.2) is 47.7 Å². The van der Waals surface area contributed by atoms with Crippen molar-refractivity contribution in [1.82, 2.24) is 14.7 Å². The molecule has 1 aromatic carbocycles. The first kappa shape index (κ1) is 17.4. The summed E-state index contributed by atoms with van der Waals surface area (Å²) in [7, 11) is 0. The van der Waals surface area contributed by atoms with Crippen molar-refractivity contribution in [3.05, 3.63) is 64.3 Å². The van der Waals surface area contributed by atoms with E-state index in [0.717, 1.165) is 23.1 Å². The Bertz CT molecular complexity index is 992. The van der Waals surface area contributed by atoms with Gasteiger partial charge in [-0.3, -0.25) is 4.79 Å². The summed E-state index contributed by atoms with van der Waals surface area (Å²) in [6, 6.07) is 11.7. The highest BCUT2D eigenvalue weighted by atomic mass is 16.7. The molecule has 26 heavy (non-hydrogen) atoms. The fraction of sp³-hybridized carbons (Fsp3) is 0.263. The van der Waals surface area contributed by atoms with Gasteiger partial charge in [-0.2, -0.15) is 5.26 Å². The average molecular weight is 349 g/mol. The number of rotatable bonds is 7. The van der Waals surface area contributed by atoms with E-state index in [9.17, 15) is 10.1 Å². The summed E-state index contributed by atoms with van der Waals surface area (Å²) in [5, 5.41) is 13.3. The van der Waals surface area contributed by atoms with E-state index < -0.39 is 5.56 Å². The van der Waals surface area contributed by atoms with E-state index in [1.165, 1.54) is 6.33 Å². The van der Waals surface area contributed by atoms with Crippen LogP contribution < -0.4 is 15.7 Å². The number of anilines is 1. The van der Waals surface area contributed by atoms with Crippen molar-refractivity contribution < 1.29 is 4.84 Å². The summed E-state index contributed by atoms with van der Waals surface area (Å²) < 4.78 is 1.10. The molecule has 0 aliphatic rings. The van der Waals surface area contributed by atoms with Gasteiger partial charge in [-0.25, -0.2) is 9.97 Å². The number of benzene rings is 1. The van der Waals surface area contributed by atoms with Crippen LogP contribution in [-0.2, 0) is 6.54 Å². The van der Waals surface area contributed by atoms with Crippen LogP contribution in [0, 0.1) is 11.3 Å². The molecule has 7 nitrogen and oxygen atoms in total. The van der Waals surface area contributed by atoms with E-state index in [1.54, 1.807) is 6.20 Å². The Morgan fingerprint density at radius 1 is 1.31 bits per heavy atom. The van der Waals surface area contributed by atoms with Crippen LogP contribution in [0.25, 0.3) is 11.0 Å². The Morgan fingerprint density at radius 3 is 2.85 bits per heavy atom. The molecule has 0 aliphatic heterocycles. The van der Waals surface area contributed by atoms with Crippen molar-refractivity contribution in [2.45, 2.75) is 26.3 Å². The van der Waals surface area contributed by atoms with Gasteiger partial charge in [0.15, 0.2) is 5.65 Å². The standard InChI is InChI=1S/C19H19N5O2/c1-2-3-9-26-24-18-16(12-21-13-23-18)17(15(10-20)19(24)25)22-11-14-7-5-4-6-8-14/h4-8,12-13,22H,2-3,9,11H2,1H3. The molecule has 1 N–H and O–H groups in total. The van der Waals surface area contributed by atoms with Crippen molar-refractivity contribution >= 4 is 16.7 Å². The van der Waals surface area contributed by atoms with Crippen LogP contribution in [-0.4, -0.2) is 21.3 Å². The summed E-state index contributed by atoms with van der Waals surface area (Å²) in [4.78, 5) is 26.6. The minimum absolute atomic E-state index is 0.0141. The van der Waals surface area contributed by atoms with Crippen LogP contribution in [0.3, 0.4) is 0 Å². The molecule has 0 saturated carbocycles. The number of aromatic nitrogens is 3. The molecule has 0 fully saturated rings. The number of nitrogens with zero attached hydrogens (tertiary/aromatic N) is 4. The minimum Gasteiger partial charge on any atom is -0.409 e. The highest BCUT2D eigenvalue weighted by molar-refractivity contribution is 5.91. The first-order valence-electron chi connectivity index (χ1n) is 8.46. The lowest BCUT2D eigenvalue weighted by atomic mass is 10.1. The maximum Gasteiger partial charge on any atom is 0.305 e. The fourth-order valence-corrected chi connectivity index (χ4v) is 2.59. The van der Waals surface area contributed by atoms with Crippen LogP contribution in [0.5, 0.6) is 0 Å². The Hall–Kier alpha value is -3.40. The number of fused-ring (bicyclic) bond motifs is 1. The molecule has 0 spiro atoms. The highest BCUT2D eigenvalue weighted by Crippen LogP contribution is 2.23. The summed E-state index contributed by atoms with van der Waals surface area (Å²) in [5.74, 6) is 0. The van der Waals surface area contributed by atoms with Crippen LogP contribution in [0.2, 0.25) is 0 Å². The molecule has 0 aliphatic carbocycles. The van der Waals surface area contributed by atoms with Crippen molar-refractivity contribution in [2.24, 2.45) is 0 Å². The average Bonchev–Trinajstić information content (AvgIpc) is 2.69. The molecule has 7 heteroatoms. The summed E-state index contributed by atoms with van der Waals surface area (Å²) in [5.41, 5.74) is 1.26. The van der Waals surface area contributed by atoms with Gasteiger partial charge in [-0.05, 0) is 12.0 Å². The molecule has 0 saturated heterocycles. The maximum atomic E-state index is 12.8. The molecule has 0 unspecified atom stereocenters. The largest absolute Gasteiger partial charge is 0.409 e. The first-order valence-corrected chi connectivity index (χ1v) is 8.46. The quantitative estimate of drug-likeness (QED) is 0.659. The third-order valence-corrected chi connectivity index (χ3v) is 3.94. The van der Waals surface area contributed by atoms with Gasteiger partial charge in [0.1, 0.15) is 24.6 Å². The Labute approximate surface area is 150 Å². The summed E-state index contributed by atoms with van der Waals surface area (Å²) in [6.07, 6.45) is 4.67. The van der Waals surface area contributed by atoms with Crippen molar-refractivity contribution in [3.8, 4) is 6.07 Å². The molecule has 0 radical (unpaired) electrons. The van der Waals surface area contributed by atoms with Crippen molar-refractivity contribution in [3.63, 3.8) is 0 Å². The normalized spacial score (nSPS) is 10.5. The number of nitriles is 1. The zero-order valence-electron chi connectivity index (χ0n) is 14.5. The number of unbranched alkanes of at least 4 members (excludes halogenated alkanes) is 1. The van der Waals surface area contributed by atoms with Gasteiger partial charge in [0, 0.05) is 12.7 Å². The van der Waals surface area contributed by atoms with Crippen molar-refractivity contribution in [2.75, 3.05) is 11.9 Å². The second-order valence-electron chi connectivity index (χ2n) is 5.75. The van der Waals surface area contributed by atoms with Crippen LogP contribution in [0.4, 0.5) is 5.69 Å². The molecule has 2 aromatic heterocycles. The molecule has 132 valence electrons. The van der Waals surface area contributed by atoms with E-state index in [4.69, 9.17) is 4.84 Å². The third-order valence-electron chi connectivity index (χ3n) is 3.94. The molecule has 3 rings (SSSR count). The monoisotopic (exact) mass is 349 g/mol. The van der Waals surface area contributed by atoms with Gasteiger partial charge in [0.25, 0.3) is 0 Å². The number of pyridine rings is 1. The summed E-state index contributed by atoms with van der Waals surface area (Å²) in [6.45, 7) is 2.88. The fourth-order valence-electron chi connectivity index (χ4n) is 2.59. The lowest BCUT2D eigenvalue weighted by Crippen LogP contribution is -2.31. The van der Waals surface area contributed by atoms with Crippen LogP contribution in [0.1, 0.15) is 30.9 Å². The predicted molar refractivity (Wildman–Crippen MR) is 98.6 cm³/mol. The second kappa shape index (κ2) is 8.12. The molecule has 3 aromatic rings.